The Bertz CT molecular complexity index is 6070. The number of fused-ring (bicyclic) bond motifs is 8. The number of hydrogen-bond donors (Lipinski definition) is 6. The number of aromatic nitrogens is 3. The summed E-state index contributed by atoms with van der Waals surface area (Å²) in [5.74, 6) is -1.36. The lowest BCUT2D eigenvalue weighted by Gasteiger charge is -2.15. The molecule has 13 aromatic rings. The van der Waals surface area contributed by atoms with Gasteiger partial charge in [-0.05, 0) is 189 Å². The van der Waals surface area contributed by atoms with Gasteiger partial charge >= 0.3 is 0 Å². The molecule has 1 saturated heterocycles. The van der Waals surface area contributed by atoms with Gasteiger partial charge < -0.3 is 20.7 Å². The number of hydroxylamine groups is 1. The van der Waals surface area contributed by atoms with Crippen molar-refractivity contribution in [1.29, 1.82) is 0 Å². The summed E-state index contributed by atoms with van der Waals surface area (Å²) in [6.07, 6.45) is 7.76. The molecular weight excluding hydrogens is 1580 g/mol. The predicted octanol–water partition coefficient (Wildman–Crippen LogP) is 18.5. The zero-order valence-electron chi connectivity index (χ0n) is 65.0. The van der Waals surface area contributed by atoms with Gasteiger partial charge in [-0.2, -0.15) is 0 Å². The first-order valence-corrected chi connectivity index (χ1v) is 42.0. The number of nitrogens with one attached hydrogen (secondary N) is 6. The molecule has 0 radical (unpaired) electrons. The van der Waals surface area contributed by atoms with Crippen LogP contribution < -0.4 is 32.3 Å². The van der Waals surface area contributed by atoms with Crippen molar-refractivity contribution in [3.05, 3.63) is 376 Å². The summed E-state index contributed by atoms with van der Waals surface area (Å²) in [4.78, 5) is 109. The Morgan fingerprint density at radius 3 is 1.29 bits per heavy atom. The summed E-state index contributed by atoms with van der Waals surface area (Å²) in [6.45, 7) is 4.75. The topological polar surface area (TPSA) is 264 Å². The number of carbonyl (C=O) groups is 5. The number of rotatable bonds is 17. The summed E-state index contributed by atoms with van der Waals surface area (Å²) < 4.78 is 18.7. The molecule has 1 atom stereocenters. The highest BCUT2D eigenvalue weighted by Gasteiger charge is 2.28. The van der Waals surface area contributed by atoms with Crippen LogP contribution in [0.25, 0.3) is 0 Å². The van der Waals surface area contributed by atoms with E-state index in [2.05, 4.69) is 77.6 Å². The second kappa shape index (κ2) is 39.9. The van der Waals surface area contributed by atoms with Gasteiger partial charge in [-0.3, -0.25) is 49.2 Å². The highest BCUT2D eigenvalue weighted by Crippen LogP contribution is 2.46. The van der Waals surface area contributed by atoms with E-state index in [0.717, 1.165) is 137 Å². The lowest BCUT2D eigenvalue weighted by molar-refractivity contribution is -0.122. The van der Waals surface area contributed by atoms with Crippen LogP contribution in [0.2, 0.25) is 0 Å². The van der Waals surface area contributed by atoms with Crippen molar-refractivity contribution in [1.82, 2.24) is 47.2 Å². The van der Waals surface area contributed by atoms with Crippen molar-refractivity contribution >= 4 is 122 Å². The van der Waals surface area contributed by atoms with Gasteiger partial charge in [-0.25, -0.2) is 35.3 Å². The van der Waals surface area contributed by atoms with Gasteiger partial charge in [0.15, 0.2) is 0 Å². The number of hydrogen-bond acceptors (Lipinski definition) is 19. The number of amides is 5. The van der Waals surface area contributed by atoms with Gasteiger partial charge in [0.25, 0.3) is 23.6 Å². The van der Waals surface area contributed by atoms with E-state index in [1.54, 1.807) is 102 Å². The Kier molecular flexibility index (Phi) is 27.3. The van der Waals surface area contributed by atoms with Crippen LogP contribution in [0.5, 0.6) is 0 Å². The van der Waals surface area contributed by atoms with Crippen LogP contribution >= 0.6 is 47.0 Å². The van der Waals surface area contributed by atoms with Crippen LogP contribution in [0.3, 0.4) is 0 Å². The molecule has 18 rings (SSSR count). The molecule has 596 valence electrons. The Labute approximate surface area is 710 Å². The molecule has 8 heterocycles. The molecule has 0 saturated carbocycles. The van der Waals surface area contributed by atoms with E-state index in [-0.39, 0.29) is 35.4 Å². The van der Waals surface area contributed by atoms with Crippen LogP contribution in [0, 0.1) is 5.82 Å². The third kappa shape index (κ3) is 20.3. The van der Waals surface area contributed by atoms with Crippen LogP contribution in [-0.2, 0) is 20.9 Å². The summed E-state index contributed by atoms with van der Waals surface area (Å²) in [5.41, 5.74) is 24.5. The van der Waals surface area contributed by atoms with E-state index in [0.29, 0.717) is 72.9 Å². The molecule has 1 unspecified atom stereocenters. The molecule has 5 aliphatic rings. The van der Waals surface area contributed by atoms with Crippen molar-refractivity contribution in [2.24, 2.45) is 20.0 Å². The molecule has 0 bridgehead atoms. The Morgan fingerprint density at radius 1 is 0.442 bits per heavy atom. The smallest absolute Gasteiger partial charge is 0.274 e. The van der Waals surface area contributed by atoms with Gasteiger partial charge in [0.05, 0.1) is 76.4 Å². The van der Waals surface area contributed by atoms with Crippen LogP contribution in [0.1, 0.15) is 118 Å². The molecule has 25 heteroatoms. The first kappa shape index (κ1) is 82.0. The lowest BCUT2D eigenvalue weighted by Crippen LogP contribution is -2.45. The van der Waals surface area contributed by atoms with Crippen molar-refractivity contribution in [3.63, 3.8) is 0 Å². The predicted molar refractivity (Wildman–Crippen MR) is 470 cm³/mol. The zero-order valence-corrected chi connectivity index (χ0v) is 68.3. The number of benzene rings is 10. The molecule has 6 N–H and O–H groups in total. The average Bonchev–Trinajstić information content (AvgIpc) is 1.66. The Balaban J connectivity index is 0.000000125. The number of pyridine rings is 3. The maximum Gasteiger partial charge on any atom is 0.274 e. The first-order chi connectivity index (χ1) is 58.9. The minimum Gasteiger partial charge on any atom is -0.380 e. The normalized spacial score (nSPS) is 13.8. The van der Waals surface area contributed by atoms with Crippen LogP contribution in [0.15, 0.2) is 357 Å². The summed E-state index contributed by atoms with van der Waals surface area (Å²) >= 11 is 6.51. The second-order valence-electron chi connectivity index (χ2n) is 27.3. The number of aliphatic imine (C=N–C) groups is 4. The molecule has 10 aromatic carbocycles. The monoisotopic (exact) mass is 1660 g/mol. The summed E-state index contributed by atoms with van der Waals surface area (Å²) in [7, 11) is 1.39. The highest BCUT2D eigenvalue weighted by molar-refractivity contribution is 8.00. The Hall–Kier alpha value is -13.1. The van der Waals surface area contributed by atoms with Gasteiger partial charge in [0, 0.05) is 134 Å². The number of hydrazine groups is 1. The third-order valence-electron chi connectivity index (χ3n) is 19.2. The average molecular weight is 1660 g/mol. The number of halogens is 1. The molecule has 0 spiro atoms. The maximum atomic E-state index is 13.4. The minimum atomic E-state index is -0.505. The van der Waals surface area contributed by atoms with Crippen LogP contribution in [-0.4, -0.2) is 107 Å². The first-order valence-electron chi connectivity index (χ1n) is 38.7. The van der Waals surface area contributed by atoms with Crippen molar-refractivity contribution < 1.29 is 37.9 Å². The highest BCUT2D eigenvalue weighted by atomic mass is 32.2. The van der Waals surface area contributed by atoms with Gasteiger partial charge in [0.1, 0.15) is 11.9 Å². The molecule has 3 aromatic heterocycles. The zero-order chi connectivity index (χ0) is 82.5. The van der Waals surface area contributed by atoms with E-state index < -0.39 is 6.04 Å². The second-order valence-corrected chi connectivity index (χ2v) is 31.6. The molecule has 1 fully saturated rings. The quantitative estimate of drug-likeness (QED) is 0.0366. The lowest BCUT2D eigenvalue weighted by atomic mass is 10.0. The van der Waals surface area contributed by atoms with E-state index >= 15 is 0 Å². The molecule has 20 nitrogen and oxygen atoms in total. The van der Waals surface area contributed by atoms with Gasteiger partial charge in [-0.1, -0.05) is 168 Å². The number of carbonyl (C=O) groups excluding carboxylic acids is 5. The van der Waals surface area contributed by atoms with Gasteiger partial charge in [0.2, 0.25) is 5.91 Å². The SMILES string of the molecule is CCOCCNC(=O)c1ccc2c(c1)N=C(c1ccccn1)c1ccccc1S2.CONC(=O)c1ccc2c(c1)N=C(c1ccc(F)cc1)c1ccccc1S2.O=C(NC1CCCCNC1=O)c1ccc2c(c1)N=C(c1ccccn1)c1ccccc1S2.O=C(NNCc1ccccc1)c1ccc2c(c1)N=C(c1ccccn1)c1ccccc1S2. The fourth-order valence-corrected chi connectivity index (χ4v) is 17.3. The standard InChI is InChI=1S/C26H20N4OS.C25H22N4O2S.C23H21N3O2S.C21H15FN2O2S/c31-26(30-28-17-18-8-2-1-3-9-18)19-13-14-24-22(16-19)29-25(21-11-6-7-15-27-21)20-10-4-5-12-23(20)32-24;30-24(29-19-9-4-6-14-27-25(19)31)16-11-12-22-20(15-16)28-23(18-8-3-5-13-26-18)17-7-1-2-10-21(17)32-22;1-2-28-14-13-25-23(27)16-10-11-21-19(15-16)26-22(18-8-5-6-12-24-18)17-7-3-4-9-20(17)29-21;1-26-24-21(25)14-8-11-19-17(12-14)23-20(13-6-9-15(22)10-7-13)16-4-2-3-5-18(16)27-19/h1-16,28H,17H2,(H,30,31);1-3,5,7-8,10-13,15,19H,4,6,9,14H2,(H,27,31)(H,29,30);3-12,15H,2,13-14H2,1H3,(H,25,27);2-12H,1H3,(H,24,25). The van der Waals surface area contributed by atoms with E-state index in [9.17, 15) is 28.4 Å². The molecule has 120 heavy (non-hydrogen) atoms. The molecule has 0 aliphatic carbocycles. The van der Waals surface area contributed by atoms with Gasteiger partial charge in [-0.15, -0.1) is 0 Å². The van der Waals surface area contributed by atoms with Crippen molar-refractivity contribution in [2.75, 3.05) is 33.4 Å². The molecular formula is C95H78FN13O7S4. The number of nitrogens with zero attached hydrogens (tertiary/aromatic N) is 7. The fourth-order valence-electron chi connectivity index (χ4n) is 13.3. The summed E-state index contributed by atoms with van der Waals surface area (Å²) in [6, 6.07) is 87.5. The maximum absolute atomic E-state index is 13.4. The molecule has 5 aliphatic heterocycles. The summed E-state index contributed by atoms with van der Waals surface area (Å²) in [5, 5.41) is 8.63. The number of ether oxygens (including phenoxy) is 1. The van der Waals surface area contributed by atoms with Crippen molar-refractivity contribution in [3.8, 4) is 0 Å². The largest absolute Gasteiger partial charge is 0.380 e. The minimum absolute atomic E-state index is 0.118. The third-order valence-corrected chi connectivity index (χ3v) is 23.8. The van der Waals surface area contributed by atoms with Crippen molar-refractivity contribution in [2.45, 2.75) is 77.9 Å². The van der Waals surface area contributed by atoms with E-state index in [1.165, 1.54) is 19.2 Å². The van der Waals surface area contributed by atoms with E-state index in [4.69, 9.17) is 29.5 Å². The fraction of sp³-hybridized carbons (Fsp3) is 0.116. The van der Waals surface area contributed by atoms with Crippen LogP contribution in [0.4, 0.5) is 27.1 Å². The Morgan fingerprint density at radius 2 is 0.850 bits per heavy atom. The molecule has 5 amide bonds. The van der Waals surface area contributed by atoms with E-state index in [1.807, 2.05) is 207 Å².